The summed E-state index contributed by atoms with van der Waals surface area (Å²) in [6.45, 7) is 5.28. The summed E-state index contributed by atoms with van der Waals surface area (Å²) in [6, 6.07) is 15.7. The number of hydrogen-bond acceptors (Lipinski definition) is 3. The maximum Gasteiger partial charge on any atom is 0.0924 e. The number of aromatic amines is 1. The van der Waals surface area contributed by atoms with Gasteiger partial charge < -0.3 is 5.73 Å². The molecule has 0 aliphatic carbocycles. The van der Waals surface area contributed by atoms with E-state index in [2.05, 4.69) is 64.5 Å². The maximum absolute atomic E-state index is 6.00. The Morgan fingerprint density at radius 3 is 2.75 bits per heavy atom. The van der Waals surface area contributed by atoms with Gasteiger partial charge in [0.15, 0.2) is 0 Å². The Morgan fingerprint density at radius 2 is 1.92 bits per heavy atom. The Morgan fingerprint density at radius 1 is 1.12 bits per heavy atom. The van der Waals surface area contributed by atoms with Crippen molar-refractivity contribution in [2.45, 2.75) is 32.4 Å². The lowest BCUT2D eigenvalue weighted by atomic mass is 10.00. The first-order valence-electron chi connectivity index (χ1n) is 8.71. The van der Waals surface area contributed by atoms with Crippen LogP contribution in [-0.4, -0.2) is 34.2 Å². The molecule has 2 heterocycles. The van der Waals surface area contributed by atoms with Crippen molar-refractivity contribution in [1.29, 1.82) is 0 Å². The number of piperidine rings is 1. The van der Waals surface area contributed by atoms with E-state index < -0.39 is 0 Å². The van der Waals surface area contributed by atoms with E-state index in [0.29, 0.717) is 6.04 Å². The van der Waals surface area contributed by atoms with Crippen molar-refractivity contribution in [3.63, 3.8) is 0 Å². The zero-order chi connectivity index (χ0) is 16.5. The summed E-state index contributed by atoms with van der Waals surface area (Å²) in [5.74, 6) is 0. The molecule has 0 bridgehead atoms. The van der Waals surface area contributed by atoms with Gasteiger partial charge in [0.05, 0.1) is 5.52 Å². The number of H-pyrrole nitrogens is 1. The minimum absolute atomic E-state index is 0.387. The molecule has 4 heteroatoms. The van der Waals surface area contributed by atoms with Crippen molar-refractivity contribution < 1.29 is 0 Å². The van der Waals surface area contributed by atoms with Crippen LogP contribution >= 0.6 is 0 Å². The lowest BCUT2D eigenvalue weighted by molar-refractivity contribution is 0.205. The average molecular weight is 320 g/mol. The number of nitrogens with two attached hydrogens (primary N) is 1. The van der Waals surface area contributed by atoms with Gasteiger partial charge in [-0.15, -0.1) is 0 Å². The largest absolute Gasteiger partial charge is 0.328 e. The molecular weight excluding hydrogens is 296 g/mol. The lowest BCUT2D eigenvalue weighted by Gasteiger charge is -2.30. The number of rotatable bonds is 3. The van der Waals surface area contributed by atoms with Gasteiger partial charge in [-0.3, -0.25) is 10.00 Å². The SMILES string of the molecule is Cc1[nH]nc2ccc(-c3cccc(CN4CCC(N)CC4)c3)cc12. The molecule has 0 unspecified atom stereocenters. The van der Waals surface area contributed by atoms with Crippen molar-refractivity contribution >= 4 is 10.9 Å². The van der Waals surface area contributed by atoms with Gasteiger partial charge in [0.25, 0.3) is 0 Å². The molecule has 124 valence electrons. The topological polar surface area (TPSA) is 57.9 Å². The number of aryl methyl sites for hydroxylation is 1. The summed E-state index contributed by atoms with van der Waals surface area (Å²) in [4.78, 5) is 2.51. The van der Waals surface area contributed by atoms with Crippen LogP contribution in [0.3, 0.4) is 0 Å². The number of benzene rings is 2. The summed E-state index contributed by atoms with van der Waals surface area (Å²) in [7, 11) is 0. The van der Waals surface area contributed by atoms with Crippen molar-refractivity contribution in [3.8, 4) is 11.1 Å². The van der Waals surface area contributed by atoms with E-state index in [1.807, 2.05) is 0 Å². The van der Waals surface area contributed by atoms with Gasteiger partial charge in [0.2, 0.25) is 0 Å². The summed E-state index contributed by atoms with van der Waals surface area (Å²) in [5, 5.41) is 8.57. The number of hydrogen-bond donors (Lipinski definition) is 2. The van der Waals surface area contributed by atoms with Gasteiger partial charge in [-0.25, -0.2) is 0 Å². The van der Waals surface area contributed by atoms with Crippen LogP contribution in [0.4, 0.5) is 0 Å². The number of nitrogens with zero attached hydrogens (tertiary/aromatic N) is 2. The van der Waals surface area contributed by atoms with Crippen LogP contribution < -0.4 is 5.73 Å². The van der Waals surface area contributed by atoms with E-state index in [1.54, 1.807) is 0 Å². The zero-order valence-electron chi connectivity index (χ0n) is 14.1. The molecular formula is C20H24N4. The second kappa shape index (κ2) is 6.38. The second-order valence-corrected chi connectivity index (χ2v) is 6.89. The first-order chi connectivity index (χ1) is 11.7. The Hall–Kier alpha value is -2.17. The van der Waals surface area contributed by atoms with E-state index in [9.17, 15) is 0 Å². The fraction of sp³-hybridized carbons (Fsp3) is 0.350. The summed E-state index contributed by atoms with van der Waals surface area (Å²) in [5.41, 5.74) is 12.0. The van der Waals surface area contributed by atoms with E-state index >= 15 is 0 Å². The van der Waals surface area contributed by atoms with Crippen LogP contribution in [0.1, 0.15) is 24.1 Å². The highest BCUT2D eigenvalue weighted by molar-refractivity contribution is 5.86. The zero-order valence-corrected chi connectivity index (χ0v) is 14.1. The molecule has 4 nitrogen and oxygen atoms in total. The lowest BCUT2D eigenvalue weighted by Crippen LogP contribution is -2.39. The van der Waals surface area contributed by atoms with Crippen molar-refractivity contribution in [1.82, 2.24) is 15.1 Å². The van der Waals surface area contributed by atoms with Crippen LogP contribution in [0.2, 0.25) is 0 Å². The predicted molar refractivity (Wildman–Crippen MR) is 98.8 cm³/mol. The Balaban J connectivity index is 1.58. The fourth-order valence-electron chi connectivity index (χ4n) is 3.54. The average Bonchev–Trinajstić information content (AvgIpc) is 2.98. The summed E-state index contributed by atoms with van der Waals surface area (Å²) in [6.07, 6.45) is 2.21. The fourth-order valence-corrected chi connectivity index (χ4v) is 3.54. The highest BCUT2D eigenvalue weighted by Gasteiger charge is 2.16. The van der Waals surface area contributed by atoms with Crippen LogP contribution in [0.25, 0.3) is 22.0 Å². The Kier molecular flexibility index (Phi) is 4.08. The highest BCUT2D eigenvalue weighted by Crippen LogP contribution is 2.26. The molecule has 1 aromatic heterocycles. The van der Waals surface area contributed by atoms with Gasteiger partial charge in [-0.05, 0) is 67.7 Å². The summed E-state index contributed by atoms with van der Waals surface area (Å²) >= 11 is 0. The normalized spacial score (nSPS) is 16.8. The second-order valence-electron chi connectivity index (χ2n) is 6.89. The van der Waals surface area contributed by atoms with Gasteiger partial charge in [0, 0.05) is 23.7 Å². The number of fused-ring (bicyclic) bond motifs is 1. The number of aromatic nitrogens is 2. The predicted octanol–water partition coefficient (Wildman–Crippen LogP) is 3.46. The Labute approximate surface area is 142 Å². The molecule has 0 atom stereocenters. The van der Waals surface area contributed by atoms with Gasteiger partial charge in [-0.2, -0.15) is 5.10 Å². The highest BCUT2D eigenvalue weighted by atomic mass is 15.1. The molecule has 1 saturated heterocycles. The first kappa shape index (κ1) is 15.4. The first-order valence-corrected chi connectivity index (χ1v) is 8.71. The molecule has 2 aromatic carbocycles. The third-order valence-corrected chi connectivity index (χ3v) is 5.04. The molecule has 3 aromatic rings. The standard InChI is InChI=1S/C20H24N4/c1-14-19-12-17(5-6-20(19)23-22-14)16-4-2-3-15(11-16)13-24-9-7-18(21)8-10-24/h2-6,11-12,18H,7-10,13,21H2,1H3,(H,22,23). The molecule has 0 radical (unpaired) electrons. The monoisotopic (exact) mass is 320 g/mol. The van der Waals surface area contributed by atoms with Crippen molar-refractivity contribution in [3.05, 3.63) is 53.7 Å². The van der Waals surface area contributed by atoms with Crippen molar-refractivity contribution in [2.24, 2.45) is 5.73 Å². The van der Waals surface area contributed by atoms with E-state index in [4.69, 9.17) is 5.73 Å². The van der Waals surface area contributed by atoms with Crippen LogP contribution in [0.5, 0.6) is 0 Å². The van der Waals surface area contributed by atoms with Crippen molar-refractivity contribution in [2.75, 3.05) is 13.1 Å². The number of likely N-dealkylation sites (tertiary alicyclic amines) is 1. The molecule has 0 amide bonds. The molecule has 0 spiro atoms. The molecule has 0 saturated carbocycles. The smallest absolute Gasteiger partial charge is 0.0924 e. The van der Waals surface area contributed by atoms with E-state index in [1.165, 1.54) is 22.1 Å². The third kappa shape index (κ3) is 3.07. The van der Waals surface area contributed by atoms with Gasteiger partial charge >= 0.3 is 0 Å². The quantitative estimate of drug-likeness (QED) is 0.777. The van der Waals surface area contributed by atoms with Gasteiger partial charge in [-0.1, -0.05) is 24.3 Å². The Bertz CT molecular complexity index is 844. The summed E-state index contributed by atoms with van der Waals surface area (Å²) < 4.78 is 0. The molecule has 3 N–H and O–H groups in total. The van der Waals surface area contributed by atoms with E-state index in [-0.39, 0.29) is 0 Å². The molecule has 1 fully saturated rings. The van der Waals surface area contributed by atoms with Gasteiger partial charge in [0.1, 0.15) is 0 Å². The van der Waals surface area contributed by atoms with Crippen LogP contribution in [0.15, 0.2) is 42.5 Å². The van der Waals surface area contributed by atoms with Crippen LogP contribution in [-0.2, 0) is 6.54 Å². The molecule has 1 aliphatic heterocycles. The maximum atomic E-state index is 6.00. The third-order valence-electron chi connectivity index (χ3n) is 5.04. The minimum atomic E-state index is 0.387. The molecule has 24 heavy (non-hydrogen) atoms. The van der Waals surface area contributed by atoms with E-state index in [0.717, 1.165) is 43.7 Å². The van der Waals surface area contributed by atoms with Crippen LogP contribution in [0, 0.1) is 6.92 Å². The molecule has 4 rings (SSSR count). The molecule has 1 aliphatic rings. The number of nitrogens with one attached hydrogen (secondary N) is 1. The minimum Gasteiger partial charge on any atom is -0.328 e.